The third-order valence-corrected chi connectivity index (χ3v) is 3.16. The number of fused-ring (bicyclic) bond motifs is 2. The molecule has 1 N–H and O–H groups in total. The minimum Gasteiger partial charge on any atom is -0.480 e. The van der Waals surface area contributed by atoms with Crippen molar-refractivity contribution in [2.45, 2.75) is 31.3 Å². The molecule has 3 nitrogen and oxygen atoms in total. The summed E-state index contributed by atoms with van der Waals surface area (Å²) in [4.78, 5) is 12.8. The minimum atomic E-state index is -0.639. The minimum absolute atomic E-state index is 0.186. The normalized spacial score (nSPS) is 43.1. The summed E-state index contributed by atoms with van der Waals surface area (Å²) in [5, 5.41) is 8.86. The van der Waals surface area contributed by atoms with Gasteiger partial charge in [-0.1, -0.05) is 0 Å². The predicted molar refractivity (Wildman–Crippen MR) is 42.9 cm³/mol. The third-order valence-electron chi connectivity index (χ3n) is 3.16. The van der Waals surface area contributed by atoms with E-state index in [0.717, 1.165) is 12.8 Å². The van der Waals surface area contributed by atoms with E-state index in [2.05, 4.69) is 0 Å². The molecule has 1 saturated heterocycles. The van der Waals surface area contributed by atoms with Crippen LogP contribution in [0, 0.1) is 5.92 Å². The lowest BCUT2D eigenvalue weighted by molar-refractivity contribution is -0.142. The standard InChI is InChI=1S/C7H12BNO2/c8-9-5-2-1-4(3-5)6(9)7(10)11/h4-6H,1-3,8H2,(H,10,11)/t4?,5?,6-/m0/s1. The molecule has 60 valence electrons. The molecule has 2 aliphatic rings. The second-order valence-electron chi connectivity index (χ2n) is 3.68. The van der Waals surface area contributed by atoms with E-state index >= 15 is 0 Å². The lowest BCUT2D eigenvalue weighted by Crippen LogP contribution is -2.43. The Kier molecular flexibility index (Phi) is 1.46. The van der Waals surface area contributed by atoms with Gasteiger partial charge >= 0.3 is 5.97 Å². The molecule has 1 heterocycles. The highest BCUT2D eigenvalue weighted by atomic mass is 16.4. The van der Waals surface area contributed by atoms with Gasteiger partial charge in [0.15, 0.2) is 7.98 Å². The molecule has 1 aliphatic heterocycles. The largest absolute Gasteiger partial charge is 0.480 e. The number of piperidine rings is 1. The van der Waals surface area contributed by atoms with Crippen molar-refractivity contribution in [2.75, 3.05) is 0 Å². The lowest BCUT2D eigenvalue weighted by Gasteiger charge is -2.28. The van der Waals surface area contributed by atoms with E-state index in [1.807, 2.05) is 12.8 Å². The van der Waals surface area contributed by atoms with Crippen LogP contribution in [0.4, 0.5) is 0 Å². The molecule has 3 atom stereocenters. The topological polar surface area (TPSA) is 40.5 Å². The van der Waals surface area contributed by atoms with Gasteiger partial charge in [-0.05, 0) is 31.2 Å². The molecule has 2 unspecified atom stereocenters. The first-order valence-electron chi connectivity index (χ1n) is 4.15. The molecule has 0 spiro atoms. The molecule has 2 fully saturated rings. The van der Waals surface area contributed by atoms with Crippen molar-refractivity contribution in [3.8, 4) is 0 Å². The average molecular weight is 153 g/mol. The Morgan fingerprint density at radius 1 is 1.55 bits per heavy atom. The Hall–Kier alpha value is -0.505. The predicted octanol–water partition coefficient (Wildman–Crippen LogP) is -0.528. The van der Waals surface area contributed by atoms with Crippen LogP contribution in [0.1, 0.15) is 19.3 Å². The van der Waals surface area contributed by atoms with Crippen LogP contribution in [0.15, 0.2) is 0 Å². The maximum absolute atomic E-state index is 10.8. The first kappa shape index (κ1) is 7.16. The van der Waals surface area contributed by atoms with Gasteiger partial charge in [-0.2, -0.15) is 0 Å². The van der Waals surface area contributed by atoms with Gasteiger partial charge in [-0.25, -0.2) is 0 Å². The molecule has 2 bridgehead atoms. The van der Waals surface area contributed by atoms with Crippen LogP contribution in [0.5, 0.6) is 0 Å². The van der Waals surface area contributed by atoms with Crippen LogP contribution < -0.4 is 0 Å². The van der Waals surface area contributed by atoms with Crippen molar-refractivity contribution < 1.29 is 9.90 Å². The van der Waals surface area contributed by atoms with Gasteiger partial charge in [0.2, 0.25) is 0 Å². The van der Waals surface area contributed by atoms with Gasteiger partial charge in [0.25, 0.3) is 0 Å². The number of carboxylic acid groups (broad SMARTS) is 1. The van der Waals surface area contributed by atoms with Crippen molar-refractivity contribution >= 4 is 14.0 Å². The zero-order valence-electron chi connectivity index (χ0n) is 6.66. The fourth-order valence-corrected chi connectivity index (χ4v) is 2.58. The quantitative estimate of drug-likeness (QED) is 0.515. The highest BCUT2D eigenvalue weighted by molar-refractivity contribution is 6.07. The Bertz CT molecular complexity index is 195. The number of rotatable bonds is 1. The molecular weight excluding hydrogens is 141 g/mol. The van der Waals surface area contributed by atoms with E-state index in [-0.39, 0.29) is 6.04 Å². The summed E-state index contributed by atoms with van der Waals surface area (Å²) >= 11 is 0. The van der Waals surface area contributed by atoms with Crippen molar-refractivity contribution in [3.05, 3.63) is 0 Å². The molecular formula is C7H12BNO2. The molecule has 1 aliphatic carbocycles. The smallest absolute Gasteiger partial charge is 0.320 e. The number of aliphatic carboxylic acids is 1. The summed E-state index contributed by atoms with van der Waals surface area (Å²) in [5.74, 6) is -0.206. The SMILES string of the molecule is BN1C2CCC(C2)[C@H]1C(=O)O. The van der Waals surface area contributed by atoms with Crippen LogP contribution >= 0.6 is 0 Å². The van der Waals surface area contributed by atoms with Gasteiger partial charge in [-0.3, -0.25) is 4.79 Å². The third kappa shape index (κ3) is 0.889. The van der Waals surface area contributed by atoms with Crippen LogP contribution in [-0.4, -0.2) is 36.0 Å². The first-order valence-corrected chi connectivity index (χ1v) is 4.15. The van der Waals surface area contributed by atoms with Gasteiger partial charge in [0, 0.05) is 0 Å². The van der Waals surface area contributed by atoms with E-state index < -0.39 is 5.97 Å². The molecule has 2 rings (SSSR count). The molecule has 4 heteroatoms. The van der Waals surface area contributed by atoms with Gasteiger partial charge in [-0.15, -0.1) is 0 Å². The first-order chi connectivity index (χ1) is 5.20. The van der Waals surface area contributed by atoms with E-state index in [4.69, 9.17) is 5.11 Å². The fourth-order valence-electron chi connectivity index (χ4n) is 2.58. The molecule has 1 saturated carbocycles. The van der Waals surface area contributed by atoms with E-state index in [0.29, 0.717) is 12.0 Å². The molecule has 0 aromatic rings. The molecule has 0 aromatic carbocycles. The fraction of sp³-hybridized carbons (Fsp3) is 0.857. The van der Waals surface area contributed by atoms with Crippen LogP contribution in [0.25, 0.3) is 0 Å². The average Bonchev–Trinajstić information content (AvgIpc) is 2.44. The zero-order chi connectivity index (χ0) is 8.01. The Labute approximate surface area is 66.8 Å². The van der Waals surface area contributed by atoms with Crippen molar-refractivity contribution in [2.24, 2.45) is 5.92 Å². The van der Waals surface area contributed by atoms with E-state index in [1.54, 1.807) is 0 Å². The molecule has 11 heavy (non-hydrogen) atoms. The molecule has 0 radical (unpaired) electrons. The number of carboxylic acids is 1. The van der Waals surface area contributed by atoms with Crippen molar-refractivity contribution in [1.29, 1.82) is 0 Å². The number of hydrogen-bond donors (Lipinski definition) is 1. The Morgan fingerprint density at radius 3 is 2.64 bits per heavy atom. The summed E-state index contributed by atoms with van der Waals surface area (Å²) < 4.78 is 0. The van der Waals surface area contributed by atoms with Crippen LogP contribution in [-0.2, 0) is 4.79 Å². The summed E-state index contributed by atoms with van der Waals surface area (Å²) in [5.41, 5.74) is 0. The number of carbonyl (C=O) groups is 1. The van der Waals surface area contributed by atoms with Crippen molar-refractivity contribution in [1.82, 2.24) is 4.81 Å². The summed E-state index contributed by atoms with van der Waals surface area (Å²) in [6.07, 6.45) is 3.42. The van der Waals surface area contributed by atoms with Gasteiger partial charge in [0.05, 0.1) is 0 Å². The van der Waals surface area contributed by atoms with Crippen LogP contribution in [0.2, 0.25) is 0 Å². The zero-order valence-corrected chi connectivity index (χ0v) is 6.66. The lowest BCUT2D eigenvalue weighted by atomic mass is 9.97. The maximum Gasteiger partial charge on any atom is 0.320 e. The maximum atomic E-state index is 10.8. The highest BCUT2D eigenvalue weighted by Crippen LogP contribution is 2.40. The van der Waals surface area contributed by atoms with Crippen LogP contribution in [0.3, 0.4) is 0 Å². The summed E-state index contributed by atoms with van der Waals surface area (Å²) in [6, 6.07) is 0.370. The second kappa shape index (κ2) is 2.24. The second-order valence-corrected chi connectivity index (χ2v) is 3.68. The number of hydrogen-bond acceptors (Lipinski definition) is 2. The number of nitrogens with zero attached hydrogens (tertiary/aromatic N) is 1. The monoisotopic (exact) mass is 153 g/mol. The molecule has 0 aromatic heterocycles. The highest BCUT2D eigenvalue weighted by Gasteiger charge is 2.46. The molecule has 0 amide bonds. The van der Waals surface area contributed by atoms with E-state index in [9.17, 15) is 4.79 Å². The summed E-state index contributed by atoms with van der Waals surface area (Å²) in [6.45, 7) is 0. The summed E-state index contributed by atoms with van der Waals surface area (Å²) in [7, 11) is 1.93. The Morgan fingerprint density at radius 2 is 2.27 bits per heavy atom. The van der Waals surface area contributed by atoms with E-state index in [1.165, 1.54) is 6.42 Å². The van der Waals surface area contributed by atoms with Gasteiger partial charge < -0.3 is 9.92 Å². The van der Waals surface area contributed by atoms with Crippen molar-refractivity contribution in [3.63, 3.8) is 0 Å². The van der Waals surface area contributed by atoms with Gasteiger partial charge in [0.1, 0.15) is 6.04 Å². The Balaban J connectivity index is 2.17.